The molecule has 0 unspecified atom stereocenters. The molecule has 0 radical (unpaired) electrons. The number of rotatable bonds is 4. The van der Waals surface area contributed by atoms with Gasteiger partial charge in [-0.1, -0.05) is 0 Å². The summed E-state index contributed by atoms with van der Waals surface area (Å²) in [6.45, 7) is 0.000966. The fraction of sp³-hybridized carbons (Fsp3) is 0.333. The zero-order chi connectivity index (χ0) is 10.6. The highest BCUT2D eigenvalue weighted by Crippen LogP contribution is 2.25. The van der Waals surface area contributed by atoms with Gasteiger partial charge in [0, 0.05) is 12.3 Å². The second kappa shape index (κ2) is 5.29. The number of aliphatic hydroxyl groups is 1. The van der Waals surface area contributed by atoms with Gasteiger partial charge in [-0.05, 0) is 17.7 Å². The molecule has 5 heteroatoms. The Morgan fingerprint density at radius 2 is 1.86 bits per heavy atom. The van der Waals surface area contributed by atoms with Gasteiger partial charge in [0.15, 0.2) is 0 Å². The summed E-state index contributed by atoms with van der Waals surface area (Å²) >= 11 is 0.952. The molecule has 78 valence electrons. The first-order valence-electron chi connectivity index (χ1n) is 4.10. The molecule has 0 fully saturated rings. The molecular weight excluding hydrogens is 208 g/mol. The predicted octanol–water partition coefficient (Wildman–Crippen LogP) is 1.51. The van der Waals surface area contributed by atoms with E-state index in [0.717, 1.165) is 11.8 Å². The fourth-order valence-electron chi connectivity index (χ4n) is 1.02. The molecule has 1 aromatic carbocycles. The summed E-state index contributed by atoms with van der Waals surface area (Å²) in [5.41, 5.74) is 5.68. The van der Waals surface area contributed by atoms with Gasteiger partial charge in [0.2, 0.25) is 0 Å². The third-order valence-electron chi connectivity index (χ3n) is 1.63. The second-order valence-corrected chi connectivity index (χ2v) is 3.77. The summed E-state index contributed by atoms with van der Waals surface area (Å²) in [6, 6.07) is 2.42. The molecular formula is C9H11F2NOS. The monoisotopic (exact) mass is 219 g/mol. The summed E-state index contributed by atoms with van der Waals surface area (Å²) in [6.07, 6.45) is 0. The molecule has 1 aromatic rings. The average molecular weight is 219 g/mol. The zero-order valence-corrected chi connectivity index (χ0v) is 8.28. The highest BCUT2D eigenvalue weighted by molar-refractivity contribution is 7.99. The maximum Gasteiger partial charge on any atom is 0.140 e. The van der Waals surface area contributed by atoms with Gasteiger partial charge >= 0.3 is 0 Å². The van der Waals surface area contributed by atoms with Crippen molar-refractivity contribution >= 4 is 11.8 Å². The smallest absolute Gasteiger partial charge is 0.140 e. The van der Waals surface area contributed by atoms with Gasteiger partial charge in [-0.2, -0.15) is 0 Å². The van der Waals surface area contributed by atoms with E-state index in [9.17, 15) is 8.78 Å². The first-order chi connectivity index (χ1) is 6.69. The largest absolute Gasteiger partial charge is 0.396 e. The van der Waals surface area contributed by atoms with Crippen LogP contribution in [0.2, 0.25) is 0 Å². The van der Waals surface area contributed by atoms with E-state index in [1.165, 1.54) is 12.1 Å². The Bertz CT molecular complexity index is 297. The van der Waals surface area contributed by atoms with Crippen molar-refractivity contribution in [2.24, 2.45) is 5.73 Å². The summed E-state index contributed by atoms with van der Waals surface area (Å²) in [5, 5.41) is 8.52. The number of hydrogen-bond donors (Lipinski definition) is 2. The third-order valence-corrected chi connectivity index (χ3v) is 2.70. The fourth-order valence-corrected chi connectivity index (χ4v) is 1.70. The van der Waals surface area contributed by atoms with Gasteiger partial charge in [-0.25, -0.2) is 8.78 Å². The number of nitrogens with two attached hydrogens (primary N) is 1. The number of benzene rings is 1. The van der Waals surface area contributed by atoms with Gasteiger partial charge < -0.3 is 10.8 Å². The molecule has 0 heterocycles. The molecule has 0 saturated carbocycles. The topological polar surface area (TPSA) is 46.2 Å². The van der Waals surface area contributed by atoms with Crippen LogP contribution in [0.5, 0.6) is 0 Å². The molecule has 0 saturated heterocycles. The van der Waals surface area contributed by atoms with Crippen LogP contribution in [-0.4, -0.2) is 17.5 Å². The average Bonchev–Trinajstić information content (AvgIpc) is 2.16. The van der Waals surface area contributed by atoms with Crippen LogP contribution in [0.15, 0.2) is 17.0 Å². The van der Waals surface area contributed by atoms with Crippen LogP contribution in [0.4, 0.5) is 8.78 Å². The van der Waals surface area contributed by atoms with E-state index in [4.69, 9.17) is 10.8 Å². The quantitative estimate of drug-likeness (QED) is 0.754. The normalized spacial score (nSPS) is 10.6. The summed E-state index contributed by atoms with van der Waals surface area (Å²) < 4.78 is 26.4. The highest BCUT2D eigenvalue weighted by atomic mass is 32.2. The molecule has 0 atom stereocenters. The molecule has 0 bridgehead atoms. The number of aliphatic hydroxyl groups excluding tert-OH is 1. The summed E-state index contributed by atoms with van der Waals surface area (Å²) in [7, 11) is 0. The van der Waals surface area contributed by atoms with E-state index in [-0.39, 0.29) is 23.8 Å². The van der Waals surface area contributed by atoms with Crippen molar-refractivity contribution in [3.63, 3.8) is 0 Å². The Hall–Kier alpha value is -0.650. The van der Waals surface area contributed by atoms with Crippen LogP contribution in [0, 0.1) is 11.6 Å². The lowest BCUT2D eigenvalue weighted by molar-refractivity contribution is 0.322. The van der Waals surface area contributed by atoms with Gasteiger partial charge in [-0.3, -0.25) is 0 Å². The van der Waals surface area contributed by atoms with Crippen molar-refractivity contribution in [2.75, 3.05) is 12.4 Å². The van der Waals surface area contributed by atoms with Crippen molar-refractivity contribution in [1.29, 1.82) is 0 Å². The maximum absolute atomic E-state index is 13.2. The van der Waals surface area contributed by atoms with Gasteiger partial charge in [0.25, 0.3) is 0 Å². The van der Waals surface area contributed by atoms with Crippen molar-refractivity contribution in [1.82, 2.24) is 0 Å². The van der Waals surface area contributed by atoms with Crippen LogP contribution in [0.3, 0.4) is 0 Å². The minimum Gasteiger partial charge on any atom is -0.396 e. The van der Waals surface area contributed by atoms with Crippen molar-refractivity contribution < 1.29 is 13.9 Å². The zero-order valence-electron chi connectivity index (χ0n) is 7.46. The van der Waals surface area contributed by atoms with Crippen LogP contribution >= 0.6 is 11.8 Å². The Balaban J connectivity index is 2.93. The number of halogens is 2. The Morgan fingerprint density at radius 3 is 2.29 bits per heavy atom. The van der Waals surface area contributed by atoms with Crippen molar-refractivity contribution in [2.45, 2.75) is 11.4 Å². The maximum atomic E-state index is 13.2. The van der Waals surface area contributed by atoms with Gasteiger partial charge in [-0.15, -0.1) is 11.8 Å². The van der Waals surface area contributed by atoms with Gasteiger partial charge in [0.1, 0.15) is 11.6 Å². The molecule has 0 aliphatic carbocycles. The molecule has 0 amide bonds. The van der Waals surface area contributed by atoms with E-state index >= 15 is 0 Å². The van der Waals surface area contributed by atoms with Crippen LogP contribution in [0.25, 0.3) is 0 Å². The molecule has 0 spiro atoms. The standard InChI is InChI=1S/C9H11F2NOS/c10-7-3-6(5-12)4-8(11)9(7)14-2-1-13/h3-4,13H,1-2,5,12H2. The third kappa shape index (κ3) is 2.67. The van der Waals surface area contributed by atoms with Crippen LogP contribution < -0.4 is 5.73 Å². The first kappa shape index (κ1) is 11.4. The van der Waals surface area contributed by atoms with E-state index in [1.54, 1.807) is 0 Å². The molecule has 3 N–H and O–H groups in total. The second-order valence-electron chi connectivity index (χ2n) is 2.66. The molecule has 2 nitrogen and oxygen atoms in total. The van der Waals surface area contributed by atoms with E-state index in [0.29, 0.717) is 5.56 Å². The minimum atomic E-state index is -0.621. The molecule has 0 aliphatic rings. The minimum absolute atomic E-state index is 0.0590. The Kier molecular flexibility index (Phi) is 4.31. The number of thioether (sulfide) groups is 1. The lowest BCUT2D eigenvalue weighted by Crippen LogP contribution is -2.00. The number of hydrogen-bond acceptors (Lipinski definition) is 3. The lowest BCUT2D eigenvalue weighted by atomic mass is 10.2. The molecule has 1 rings (SSSR count). The van der Waals surface area contributed by atoms with Crippen molar-refractivity contribution in [3.8, 4) is 0 Å². The molecule has 14 heavy (non-hydrogen) atoms. The predicted molar refractivity (Wildman–Crippen MR) is 52.1 cm³/mol. The first-order valence-corrected chi connectivity index (χ1v) is 5.09. The highest BCUT2D eigenvalue weighted by Gasteiger charge is 2.10. The SMILES string of the molecule is NCc1cc(F)c(SCCO)c(F)c1. The van der Waals surface area contributed by atoms with E-state index in [1.807, 2.05) is 0 Å². The summed E-state index contributed by atoms with van der Waals surface area (Å²) in [4.78, 5) is -0.0590. The molecule has 0 aliphatic heterocycles. The van der Waals surface area contributed by atoms with E-state index in [2.05, 4.69) is 0 Å². The van der Waals surface area contributed by atoms with E-state index < -0.39 is 11.6 Å². The van der Waals surface area contributed by atoms with Crippen LogP contribution in [0.1, 0.15) is 5.56 Å². The van der Waals surface area contributed by atoms with Crippen molar-refractivity contribution in [3.05, 3.63) is 29.3 Å². The summed E-state index contributed by atoms with van der Waals surface area (Å²) in [5.74, 6) is -0.969. The van der Waals surface area contributed by atoms with Crippen LogP contribution in [-0.2, 0) is 6.54 Å². The Morgan fingerprint density at radius 1 is 1.29 bits per heavy atom. The van der Waals surface area contributed by atoms with Gasteiger partial charge in [0.05, 0.1) is 11.5 Å². The lowest BCUT2D eigenvalue weighted by Gasteiger charge is -2.05. The Labute approximate surface area is 85.1 Å². The molecule has 0 aromatic heterocycles.